The molecular formula is C19H22ClNO4S. The van der Waals surface area contributed by atoms with Gasteiger partial charge in [-0.3, -0.25) is 0 Å². The van der Waals surface area contributed by atoms with E-state index in [0.717, 1.165) is 24.8 Å². The van der Waals surface area contributed by atoms with Crippen molar-refractivity contribution in [2.45, 2.75) is 29.7 Å². The third-order valence-electron chi connectivity index (χ3n) is 4.62. The molecule has 0 radical (unpaired) electrons. The first kappa shape index (κ1) is 19.2. The van der Waals surface area contributed by atoms with Crippen LogP contribution in [-0.4, -0.2) is 28.7 Å². The summed E-state index contributed by atoms with van der Waals surface area (Å²) in [4.78, 5) is 0.219. The van der Waals surface area contributed by atoms with E-state index >= 15 is 0 Å². The first-order valence-corrected chi connectivity index (χ1v) is 10.3. The smallest absolute Gasteiger partial charge is 0.241 e. The van der Waals surface area contributed by atoms with E-state index in [-0.39, 0.29) is 4.90 Å². The van der Waals surface area contributed by atoms with E-state index in [0.29, 0.717) is 24.0 Å². The van der Waals surface area contributed by atoms with Crippen LogP contribution in [0.2, 0.25) is 5.02 Å². The predicted molar refractivity (Wildman–Crippen MR) is 101 cm³/mol. The number of nitrogens with one attached hydrogen (secondary N) is 1. The molecule has 2 aromatic rings. The van der Waals surface area contributed by atoms with Crippen LogP contribution < -0.4 is 9.46 Å². The summed E-state index contributed by atoms with van der Waals surface area (Å²) in [5, 5.41) is 0.634. The van der Waals surface area contributed by atoms with Crippen LogP contribution in [0.3, 0.4) is 0 Å². The van der Waals surface area contributed by atoms with Gasteiger partial charge in [0.1, 0.15) is 12.4 Å². The van der Waals surface area contributed by atoms with Gasteiger partial charge in [-0.2, -0.15) is 0 Å². The molecule has 1 aliphatic carbocycles. The van der Waals surface area contributed by atoms with Crippen molar-refractivity contribution in [1.29, 1.82) is 0 Å². The van der Waals surface area contributed by atoms with Crippen molar-refractivity contribution < 1.29 is 17.9 Å². The summed E-state index contributed by atoms with van der Waals surface area (Å²) in [5.74, 6) is 0.608. The second kappa shape index (κ2) is 7.96. The number of benzene rings is 2. The number of halogens is 1. The van der Waals surface area contributed by atoms with Gasteiger partial charge in [-0.05, 0) is 61.2 Å². The van der Waals surface area contributed by atoms with Crippen molar-refractivity contribution in [1.82, 2.24) is 4.72 Å². The Kier molecular flexibility index (Phi) is 5.87. The maximum atomic E-state index is 12.9. The molecule has 1 aliphatic rings. The zero-order valence-electron chi connectivity index (χ0n) is 14.6. The van der Waals surface area contributed by atoms with Gasteiger partial charge in [-0.25, -0.2) is 13.1 Å². The second-order valence-electron chi connectivity index (χ2n) is 6.36. The minimum absolute atomic E-state index is 0.219. The van der Waals surface area contributed by atoms with Gasteiger partial charge in [0.2, 0.25) is 10.0 Å². The van der Waals surface area contributed by atoms with Gasteiger partial charge in [-0.15, -0.1) is 0 Å². The third kappa shape index (κ3) is 4.20. The maximum absolute atomic E-state index is 12.9. The Hall–Kier alpha value is -1.60. The molecule has 0 atom stereocenters. The lowest BCUT2D eigenvalue weighted by Gasteiger charge is -2.42. The highest BCUT2D eigenvalue weighted by molar-refractivity contribution is 7.89. The van der Waals surface area contributed by atoms with Crippen LogP contribution in [0.4, 0.5) is 0 Å². The number of ether oxygens (including phenoxy) is 2. The van der Waals surface area contributed by atoms with Crippen molar-refractivity contribution in [2.24, 2.45) is 0 Å². The Bertz CT molecular complexity index is 831. The molecule has 3 rings (SSSR count). The summed E-state index contributed by atoms with van der Waals surface area (Å²) in [6.45, 7) is 0.895. The molecule has 140 valence electrons. The molecule has 26 heavy (non-hydrogen) atoms. The predicted octanol–water partition coefficient (Wildman–Crippen LogP) is 3.72. The first-order valence-electron chi connectivity index (χ1n) is 8.47. The zero-order chi connectivity index (χ0) is 18.6. The molecule has 0 saturated heterocycles. The number of sulfonamides is 1. The molecule has 0 heterocycles. The molecule has 5 nitrogen and oxygen atoms in total. The van der Waals surface area contributed by atoms with Gasteiger partial charge in [-0.1, -0.05) is 23.7 Å². The average Bonchev–Trinajstić information content (AvgIpc) is 2.60. The van der Waals surface area contributed by atoms with E-state index in [1.165, 1.54) is 0 Å². The fraction of sp³-hybridized carbons (Fsp3) is 0.368. The molecule has 2 aromatic carbocycles. The molecule has 0 unspecified atom stereocenters. The second-order valence-corrected chi connectivity index (χ2v) is 8.48. The Morgan fingerprint density at radius 2 is 1.69 bits per heavy atom. The highest BCUT2D eigenvalue weighted by Crippen LogP contribution is 2.42. The summed E-state index contributed by atoms with van der Waals surface area (Å²) in [7, 11) is -2.04. The van der Waals surface area contributed by atoms with E-state index in [9.17, 15) is 8.42 Å². The van der Waals surface area contributed by atoms with Gasteiger partial charge in [0.05, 0.1) is 17.0 Å². The molecule has 0 spiro atoms. The van der Waals surface area contributed by atoms with Crippen molar-refractivity contribution in [2.75, 3.05) is 20.3 Å². The SMILES string of the molecule is COCCOc1ccc(S(=O)(=O)NC2(c3ccc(Cl)cc3)CCC2)cc1. The van der Waals surface area contributed by atoms with E-state index in [2.05, 4.69) is 4.72 Å². The van der Waals surface area contributed by atoms with Crippen molar-refractivity contribution >= 4 is 21.6 Å². The topological polar surface area (TPSA) is 64.6 Å². The molecule has 0 bridgehead atoms. The summed E-state index contributed by atoms with van der Waals surface area (Å²) in [5.41, 5.74) is 0.382. The van der Waals surface area contributed by atoms with Crippen molar-refractivity contribution in [3.8, 4) is 5.75 Å². The van der Waals surface area contributed by atoms with E-state index < -0.39 is 15.6 Å². The van der Waals surface area contributed by atoms with Gasteiger partial charge < -0.3 is 9.47 Å². The summed E-state index contributed by atoms with van der Waals surface area (Å²) in [6, 6.07) is 13.8. The van der Waals surface area contributed by atoms with E-state index in [4.69, 9.17) is 21.1 Å². The molecular weight excluding hydrogens is 374 g/mol. The normalized spacial score (nSPS) is 16.1. The molecule has 1 fully saturated rings. The molecule has 7 heteroatoms. The lowest BCUT2D eigenvalue weighted by molar-refractivity contribution is 0.146. The zero-order valence-corrected chi connectivity index (χ0v) is 16.1. The fourth-order valence-corrected chi connectivity index (χ4v) is 4.60. The Morgan fingerprint density at radius 3 is 2.23 bits per heavy atom. The van der Waals surface area contributed by atoms with Crippen LogP contribution in [0.25, 0.3) is 0 Å². The van der Waals surface area contributed by atoms with E-state index in [1.807, 2.05) is 12.1 Å². The average molecular weight is 396 g/mol. The molecule has 0 aliphatic heterocycles. The number of hydrogen-bond acceptors (Lipinski definition) is 4. The van der Waals surface area contributed by atoms with Crippen LogP contribution in [0.5, 0.6) is 5.75 Å². The third-order valence-corrected chi connectivity index (χ3v) is 6.43. The molecule has 0 aromatic heterocycles. The number of hydrogen-bond donors (Lipinski definition) is 1. The minimum atomic E-state index is -3.64. The van der Waals surface area contributed by atoms with Crippen LogP contribution in [0.15, 0.2) is 53.4 Å². The van der Waals surface area contributed by atoms with Gasteiger partial charge in [0.25, 0.3) is 0 Å². The van der Waals surface area contributed by atoms with Gasteiger partial charge in [0.15, 0.2) is 0 Å². The van der Waals surface area contributed by atoms with E-state index in [1.54, 1.807) is 43.5 Å². The van der Waals surface area contributed by atoms with Gasteiger partial charge in [0, 0.05) is 12.1 Å². The van der Waals surface area contributed by atoms with Crippen LogP contribution in [0.1, 0.15) is 24.8 Å². The largest absolute Gasteiger partial charge is 0.491 e. The number of rotatable bonds is 8. The monoisotopic (exact) mass is 395 g/mol. The fourth-order valence-electron chi connectivity index (χ4n) is 3.02. The van der Waals surface area contributed by atoms with Crippen LogP contribution >= 0.6 is 11.6 Å². The van der Waals surface area contributed by atoms with Gasteiger partial charge >= 0.3 is 0 Å². The quantitative estimate of drug-likeness (QED) is 0.692. The van der Waals surface area contributed by atoms with Crippen molar-refractivity contribution in [3.63, 3.8) is 0 Å². The summed E-state index contributed by atoms with van der Waals surface area (Å²) in [6.07, 6.45) is 2.52. The van der Waals surface area contributed by atoms with Crippen LogP contribution in [-0.2, 0) is 20.3 Å². The molecule has 1 saturated carbocycles. The summed E-state index contributed by atoms with van der Waals surface area (Å²) >= 11 is 5.95. The highest BCUT2D eigenvalue weighted by Gasteiger charge is 2.42. The first-order chi connectivity index (χ1) is 12.5. The number of methoxy groups -OCH3 is 1. The Morgan fingerprint density at radius 1 is 1.04 bits per heavy atom. The Balaban J connectivity index is 1.76. The van der Waals surface area contributed by atoms with Crippen LogP contribution in [0, 0.1) is 0 Å². The highest BCUT2D eigenvalue weighted by atomic mass is 35.5. The minimum Gasteiger partial charge on any atom is -0.491 e. The lowest BCUT2D eigenvalue weighted by atomic mass is 9.73. The van der Waals surface area contributed by atoms with Crippen molar-refractivity contribution in [3.05, 3.63) is 59.1 Å². The lowest BCUT2D eigenvalue weighted by Crippen LogP contribution is -2.50. The maximum Gasteiger partial charge on any atom is 0.241 e. The molecule has 0 amide bonds. The molecule has 1 N–H and O–H groups in total. The standard InChI is InChI=1S/C19H22ClNO4S/c1-24-13-14-25-17-7-9-18(10-8-17)26(22,23)21-19(11-2-12-19)15-3-5-16(20)6-4-15/h3-10,21H,2,11-14H2,1H3. The summed E-state index contributed by atoms with van der Waals surface area (Å²) < 4.78 is 39.0. The Labute approximate surface area is 159 Å².